The molecule has 8 heteroatoms. The lowest BCUT2D eigenvalue weighted by Gasteiger charge is -2.35. The fraction of sp³-hybridized carbons (Fsp3) is 0.500. The number of carbonyl (C=O) groups is 3. The van der Waals surface area contributed by atoms with Crippen molar-refractivity contribution in [1.29, 1.82) is 0 Å². The van der Waals surface area contributed by atoms with Gasteiger partial charge in [0.05, 0.1) is 6.61 Å². The minimum atomic E-state index is -1.04. The van der Waals surface area contributed by atoms with Crippen LogP contribution in [0.15, 0.2) is 42.5 Å². The monoisotopic (exact) mass is 525 g/mol. The van der Waals surface area contributed by atoms with Crippen LogP contribution in [0.4, 0.5) is 10.5 Å². The number of carbonyl (C=O) groups excluding carboxylic acids is 3. The van der Waals surface area contributed by atoms with Gasteiger partial charge in [0.1, 0.15) is 17.7 Å². The summed E-state index contributed by atoms with van der Waals surface area (Å²) >= 11 is 0. The van der Waals surface area contributed by atoms with Crippen LogP contribution in [0.1, 0.15) is 69.3 Å². The quantitative estimate of drug-likeness (QED) is 0.402. The second-order valence-corrected chi connectivity index (χ2v) is 11.2. The molecule has 38 heavy (non-hydrogen) atoms. The molecule has 3 amide bonds. The molecule has 0 heterocycles. The lowest BCUT2D eigenvalue weighted by Crippen LogP contribution is -2.53. The fourth-order valence-electron chi connectivity index (χ4n) is 4.37. The number of nitrogens with one attached hydrogen (secondary N) is 2. The number of rotatable bonds is 10. The van der Waals surface area contributed by atoms with E-state index in [9.17, 15) is 19.5 Å². The van der Waals surface area contributed by atoms with E-state index in [1.54, 1.807) is 26.8 Å². The summed E-state index contributed by atoms with van der Waals surface area (Å²) in [5, 5.41) is 15.6. The zero-order valence-corrected chi connectivity index (χ0v) is 23.9. The van der Waals surface area contributed by atoms with E-state index in [1.807, 2.05) is 71.0 Å². The van der Waals surface area contributed by atoms with Crippen molar-refractivity contribution < 1.29 is 24.2 Å². The van der Waals surface area contributed by atoms with Gasteiger partial charge in [-0.1, -0.05) is 61.4 Å². The predicted molar refractivity (Wildman–Crippen MR) is 150 cm³/mol. The number of anilines is 1. The Hall–Kier alpha value is -3.39. The average molecular weight is 526 g/mol. The first-order chi connectivity index (χ1) is 17.7. The highest BCUT2D eigenvalue weighted by molar-refractivity contribution is 5.99. The Morgan fingerprint density at radius 2 is 1.61 bits per heavy atom. The lowest BCUT2D eigenvalue weighted by molar-refractivity contribution is -0.141. The number of benzene rings is 2. The van der Waals surface area contributed by atoms with Crippen LogP contribution in [0.25, 0.3) is 0 Å². The Labute approximate surface area is 226 Å². The van der Waals surface area contributed by atoms with Crippen LogP contribution in [-0.2, 0) is 14.3 Å². The summed E-state index contributed by atoms with van der Waals surface area (Å²) in [5.41, 5.74) is 3.27. The van der Waals surface area contributed by atoms with E-state index < -0.39 is 35.6 Å². The van der Waals surface area contributed by atoms with Crippen molar-refractivity contribution in [2.75, 3.05) is 18.5 Å². The third-order valence-corrected chi connectivity index (χ3v) is 5.84. The molecule has 0 spiro atoms. The summed E-state index contributed by atoms with van der Waals surface area (Å²) in [6.07, 6.45) is -0.383. The maximum absolute atomic E-state index is 14.0. The van der Waals surface area contributed by atoms with E-state index in [0.717, 1.165) is 16.7 Å². The van der Waals surface area contributed by atoms with Crippen LogP contribution in [-0.4, -0.2) is 52.7 Å². The fourth-order valence-corrected chi connectivity index (χ4v) is 4.37. The van der Waals surface area contributed by atoms with Gasteiger partial charge in [0.15, 0.2) is 0 Å². The Bertz CT molecular complexity index is 1100. The highest BCUT2D eigenvalue weighted by atomic mass is 16.6. The number of hydrogen-bond donors (Lipinski definition) is 3. The zero-order valence-electron chi connectivity index (χ0n) is 23.9. The smallest absolute Gasteiger partial charge is 0.408 e. The minimum absolute atomic E-state index is 0.0651. The standard InChI is InChI=1S/C30H43N3O5/c1-19(2)15-25(32-29(37)38-30(6,7)8)28(36)33(13-14-34)26(23-17-20(3)16-21(4)18-23)27(35)31-24-12-10-9-11-22(24)5/h9-12,16-19,25-26,34H,13-15H2,1-8H3,(H,31,35)(H,32,37). The third kappa shape index (κ3) is 9.17. The van der Waals surface area contributed by atoms with Gasteiger partial charge in [0, 0.05) is 12.2 Å². The summed E-state index contributed by atoms with van der Waals surface area (Å²) in [6.45, 7) is 14.4. The van der Waals surface area contributed by atoms with Gasteiger partial charge in [0.2, 0.25) is 5.91 Å². The second-order valence-electron chi connectivity index (χ2n) is 11.2. The number of alkyl carbamates (subject to hydrolysis) is 1. The number of amides is 3. The van der Waals surface area contributed by atoms with Crippen molar-refractivity contribution in [2.24, 2.45) is 5.92 Å². The molecule has 2 rings (SSSR count). The topological polar surface area (TPSA) is 108 Å². The molecule has 0 bridgehead atoms. The molecular weight excluding hydrogens is 482 g/mol. The molecule has 2 atom stereocenters. The molecule has 0 aliphatic carbocycles. The zero-order chi connectivity index (χ0) is 28.6. The Kier molecular flexibility index (Phi) is 10.9. The first-order valence-corrected chi connectivity index (χ1v) is 13.1. The number of ether oxygens (including phenoxy) is 1. The normalized spacial score (nSPS) is 13.0. The number of aliphatic hydroxyl groups is 1. The largest absolute Gasteiger partial charge is 0.444 e. The van der Waals surface area contributed by atoms with E-state index >= 15 is 0 Å². The molecule has 0 saturated heterocycles. The van der Waals surface area contributed by atoms with Gasteiger partial charge in [-0.15, -0.1) is 0 Å². The Morgan fingerprint density at radius 1 is 1.00 bits per heavy atom. The number of nitrogens with zero attached hydrogens (tertiary/aromatic N) is 1. The molecule has 0 aliphatic rings. The molecule has 0 saturated carbocycles. The molecule has 3 N–H and O–H groups in total. The van der Waals surface area contributed by atoms with E-state index in [2.05, 4.69) is 10.6 Å². The first-order valence-electron chi connectivity index (χ1n) is 13.1. The van der Waals surface area contributed by atoms with E-state index in [1.165, 1.54) is 4.90 Å². The van der Waals surface area contributed by atoms with E-state index in [0.29, 0.717) is 17.7 Å². The van der Waals surface area contributed by atoms with Gasteiger partial charge in [-0.3, -0.25) is 9.59 Å². The maximum Gasteiger partial charge on any atom is 0.408 e. The number of hydrogen-bond acceptors (Lipinski definition) is 5. The number of para-hydroxylation sites is 1. The van der Waals surface area contributed by atoms with Crippen LogP contribution in [0.3, 0.4) is 0 Å². The van der Waals surface area contributed by atoms with Crippen LogP contribution in [0, 0.1) is 26.7 Å². The average Bonchev–Trinajstić information content (AvgIpc) is 2.77. The van der Waals surface area contributed by atoms with Crippen molar-refractivity contribution in [3.63, 3.8) is 0 Å². The Balaban J connectivity index is 2.55. The van der Waals surface area contributed by atoms with Crippen LogP contribution >= 0.6 is 0 Å². The highest BCUT2D eigenvalue weighted by Gasteiger charge is 2.36. The van der Waals surface area contributed by atoms with Gasteiger partial charge in [-0.2, -0.15) is 0 Å². The molecule has 8 nitrogen and oxygen atoms in total. The molecular formula is C30H43N3O5. The number of aryl methyl sites for hydroxylation is 3. The maximum atomic E-state index is 14.0. The molecule has 2 aromatic carbocycles. The second kappa shape index (κ2) is 13.4. The molecule has 0 fully saturated rings. The van der Waals surface area contributed by atoms with Crippen LogP contribution < -0.4 is 10.6 Å². The Morgan fingerprint density at radius 3 is 2.13 bits per heavy atom. The molecule has 0 radical (unpaired) electrons. The van der Waals surface area contributed by atoms with Crippen LogP contribution in [0.5, 0.6) is 0 Å². The molecule has 0 aromatic heterocycles. The van der Waals surface area contributed by atoms with Gasteiger partial charge < -0.3 is 25.4 Å². The molecule has 2 unspecified atom stereocenters. The predicted octanol–water partition coefficient (Wildman–Crippen LogP) is 5.05. The van der Waals surface area contributed by atoms with E-state index in [-0.39, 0.29) is 19.1 Å². The third-order valence-electron chi connectivity index (χ3n) is 5.84. The lowest BCUT2D eigenvalue weighted by atomic mass is 9.96. The summed E-state index contributed by atoms with van der Waals surface area (Å²) in [4.78, 5) is 41.9. The van der Waals surface area contributed by atoms with Crippen molar-refractivity contribution in [1.82, 2.24) is 10.2 Å². The summed E-state index contributed by atoms with van der Waals surface area (Å²) in [7, 11) is 0. The highest BCUT2D eigenvalue weighted by Crippen LogP contribution is 2.27. The van der Waals surface area contributed by atoms with Gasteiger partial charge >= 0.3 is 6.09 Å². The van der Waals surface area contributed by atoms with Crippen molar-refractivity contribution in [2.45, 2.75) is 79.5 Å². The molecule has 0 aliphatic heterocycles. The summed E-state index contributed by atoms with van der Waals surface area (Å²) < 4.78 is 5.41. The van der Waals surface area contributed by atoms with Gasteiger partial charge in [-0.05, 0) is 71.1 Å². The van der Waals surface area contributed by atoms with Crippen molar-refractivity contribution >= 4 is 23.6 Å². The summed E-state index contributed by atoms with van der Waals surface area (Å²) in [6, 6.07) is 11.1. The molecule has 2 aromatic rings. The van der Waals surface area contributed by atoms with Crippen LogP contribution in [0.2, 0.25) is 0 Å². The first kappa shape index (κ1) is 30.8. The number of aliphatic hydroxyl groups excluding tert-OH is 1. The van der Waals surface area contributed by atoms with Gasteiger partial charge in [-0.25, -0.2) is 4.79 Å². The SMILES string of the molecule is Cc1cc(C)cc(C(C(=O)Nc2ccccc2C)N(CCO)C(=O)C(CC(C)C)NC(=O)OC(C)(C)C)c1. The van der Waals surface area contributed by atoms with Crippen molar-refractivity contribution in [3.8, 4) is 0 Å². The van der Waals surface area contributed by atoms with Crippen molar-refractivity contribution in [3.05, 3.63) is 64.7 Å². The molecule has 208 valence electrons. The minimum Gasteiger partial charge on any atom is -0.444 e. The summed E-state index contributed by atoms with van der Waals surface area (Å²) in [5.74, 6) is -0.815. The van der Waals surface area contributed by atoms with Gasteiger partial charge in [0.25, 0.3) is 5.91 Å². The van der Waals surface area contributed by atoms with E-state index in [4.69, 9.17) is 4.74 Å².